The van der Waals surface area contributed by atoms with E-state index in [1.54, 1.807) is 12.1 Å². The molecule has 1 saturated heterocycles. The summed E-state index contributed by atoms with van der Waals surface area (Å²) in [6, 6.07) is 9.96. The Morgan fingerprint density at radius 1 is 1.28 bits per heavy atom. The van der Waals surface area contributed by atoms with E-state index in [2.05, 4.69) is 15.4 Å². The average Bonchev–Trinajstić information content (AvgIpc) is 3.15. The highest BCUT2D eigenvalue weighted by Gasteiger charge is 2.19. The first-order valence-corrected chi connectivity index (χ1v) is 10.5. The first-order valence-electron chi connectivity index (χ1n) is 8.18. The van der Waals surface area contributed by atoms with Crippen LogP contribution in [0.15, 0.2) is 46.7 Å². The maximum atomic E-state index is 12.4. The molecule has 8 heteroatoms. The van der Waals surface area contributed by atoms with Gasteiger partial charge in [-0.1, -0.05) is 12.1 Å². The Morgan fingerprint density at radius 2 is 2.16 bits per heavy atom. The summed E-state index contributed by atoms with van der Waals surface area (Å²) in [7, 11) is -3.66. The number of nitrogens with one attached hydrogen (secondary N) is 3. The van der Waals surface area contributed by atoms with Crippen molar-refractivity contribution in [1.29, 1.82) is 0 Å². The monoisotopic (exact) mass is 379 g/mol. The molecule has 2 aromatic rings. The number of hydrogen-bond donors (Lipinski definition) is 3. The molecule has 3 N–H and O–H groups in total. The number of benzene rings is 1. The Balaban J connectivity index is 1.68. The Kier molecular flexibility index (Phi) is 5.85. The predicted octanol–water partition coefficient (Wildman–Crippen LogP) is 1.71. The van der Waals surface area contributed by atoms with Gasteiger partial charge >= 0.3 is 0 Å². The van der Waals surface area contributed by atoms with E-state index in [0.29, 0.717) is 5.56 Å². The molecular weight excluding hydrogens is 358 g/mol. The van der Waals surface area contributed by atoms with Crippen LogP contribution in [-0.4, -0.2) is 33.5 Å². The number of sulfonamides is 1. The Bertz CT molecular complexity index is 813. The van der Waals surface area contributed by atoms with Crippen molar-refractivity contribution in [2.75, 3.05) is 13.1 Å². The molecule has 1 amide bonds. The van der Waals surface area contributed by atoms with E-state index in [1.165, 1.54) is 23.5 Å². The summed E-state index contributed by atoms with van der Waals surface area (Å²) in [6.07, 6.45) is 1.95. The first kappa shape index (κ1) is 18.1. The zero-order chi connectivity index (χ0) is 17.7. The van der Waals surface area contributed by atoms with Crippen molar-refractivity contribution in [3.63, 3.8) is 0 Å². The van der Waals surface area contributed by atoms with E-state index < -0.39 is 10.0 Å². The summed E-state index contributed by atoms with van der Waals surface area (Å²) in [5.74, 6) is -0.246. The van der Waals surface area contributed by atoms with Crippen LogP contribution < -0.4 is 15.4 Å². The van der Waals surface area contributed by atoms with Gasteiger partial charge in [-0.2, -0.15) is 0 Å². The van der Waals surface area contributed by atoms with E-state index in [-0.39, 0.29) is 23.4 Å². The summed E-state index contributed by atoms with van der Waals surface area (Å²) in [4.78, 5) is 13.4. The van der Waals surface area contributed by atoms with Gasteiger partial charge in [0.25, 0.3) is 5.91 Å². The number of carbonyl (C=O) groups is 1. The van der Waals surface area contributed by atoms with Gasteiger partial charge in [0.2, 0.25) is 10.0 Å². The molecule has 0 aliphatic carbocycles. The van der Waals surface area contributed by atoms with Crippen LogP contribution in [-0.2, 0) is 16.6 Å². The van der Waals surface area contributed by atoms with Crippen molar-refractivity contribution in [3.05, 3.63) is 52.2 Å². The van der Waals surface area contributed by atoms with Crippen LogP contribution in [0, 0.1) is 0 Å². The third-order valence-electron chi connectivity index (χ3n) is 4.06. The maximum absolute atomic E-state index is 12.4. The first-order chi connectivity index (χ1) is 12.0. The number of piperidine rings is 1. The minimum Gasteiger partial charge on any atom is -0.348 e. The molecule has 0 spiro atoms. The fourth-order valence-corrected chi connectivity index (χ4v) is 4.50. The number of hydrogen-bond acceptors (Lipinski definition) is 5. The van der Waals surface area contributed by atoms with Gasteiger partial charge in [-0.25, -0.2) is 13.1 Å². The van der Waals surface area contributed by atoms with Crippen LogP contribution in [0.2, 0.25) is 0 Å². The standard InChI is InChI=1S/C17H21N3O3S2/c21-17(20-14-5-2-8-18-11-14)13-4-1-7-16(10-13)25(22,23)19-12-15-6-3-9-24-15/h1,3-4,6-7,9-10,14,18-19H,2,5,8,11-12H2,(H,20,21). The molecule has 1 aromatic carbocycles. The number of carbonyl (C=O) groups excluding carboxylic acids is 1. The van der Waals surface area contributed by atoms with Crippen molar-refractivity contribution in [2.45, 2.75) is 30.3 Å². The molecule has 2 heterocycles. The third kappa shape index (κ3) is 4.88. The molecule has 0 radical (unpaired) electrons. The van der Waals surface area contributed by atoms with Crippen molar-refractivity contribution >= 4 is 27.3 Å². The fraction of sp³-hybridized carbons (Fsp3) is 0.353. The predicted molar refractivity (Wildman–Crippen MR) is 98.1 cm³/mol. The minimum absolute atomic E-state index is 0.0819. The Hall–Kier alpha value is -1.74. The molecule has 1 aliphatic rings. The van der Waals surface area contributed by atoms with Gasteiger partial charge in [-0.15, -0.1) is 11.3 Å². The van der Waals surface area contributed by atoms with E-state index >= 15 is 0 Å². The lowest BCUT2D eigenvalue weighted by Gasteiger charge is -2.23. The van der Waals surface area contributed by atoms with Gasteiger partial charge < -0.3 is 10.6 Å². The van der Waals surface area contributed by atoms with Gasteiger partial charge in [-0.3, -0.25) is 4.79 Å². The topological polar surface area (TPSA) is 87.3 Å². The minimum atomic E-state index is -3.66. The van der Waals surface area contributed by atoms with Crippen molar-refractivity contribution < 1.29 is 13.2 Å². The molecule has 1 atom stereocenters. The van der Waals surface area contributed by atoms with Gasteiger partial charge in [0.05, 0.1) is 4.90 Å². The van der Waals surface area contributed by atoms with E-state index in [4.69, 9.17) is 0 Å². The highest BCUT2D eigenvalue weighted by Crippen LogP contribution is 2.14. The molecule has 1 aromatic heterocycles. The lowest BCUT2D eigenvalue weighted by molar-refractivity contribution is 0.0930. The van der Waals surface area contributed by atoms with Crippen molar-refractivity contribution in [2.24, 2.45) is 0 Å². The lowest BCUT2D eigenvalue weighted by atomic mass is 10.1. The van der Waals surface area contributed by atoms with Crippen LogP contribution in [0.25, 0.3) is 0 Å². The van der Waals surface area contributed by atoms with Gasteiger partial charge in [-0.05, 0) is 49.0 Å². The average molecular weight is 380 g/mol. The second-order valence-corrected chi connectivity index (χ2v) is 8.75. The zero-order valence-electron chi connectivity index (χ0n) is 13.7. The molecule has 0 bridgehead atoms. The third-order valence-corrected chi connectivity index (χ3v) is 6.33. The fourth-order valence-electron chi connectivity index (χ4n) is 2.71. The lowest BCUT2D eigenvalue weighted by Crippen LogP contribution is -2.45. The largest absolute Gasteiger partial charge is 0.348 e. The van der Waals surface area contributed by atoms with Crippen LogP contribution in [0.1, 0.15) is 28.1 Å². The molecule has 25 heavy (non-hydrogen) atoms. The Labute approximate surface area is 151 Å². The Morgan fingerprint density at radius 3 is 2.88 bits per heavy atom. The van der Waals surface area contributed by atoms with Crippen LogP contribution in [0.4, 0.5) is 0 Å². The molecule has 0 saturated carbocycles. The van der Waals surface area contributed by atoms with Gasteiger partial charge in [0.1, 0.15) is 0 Å². The molecule has 6 nitrogen and oxygen atoms in total. The molecule has 134 valence electrons. The second kappa shape index (κ2) is 8.09. The summed E-state index contributed by atoms with van der Waals surface area (Å²) < 4.78 is 27.5. The number of amides is 1. The molecular formula is C17H21N3O3S2. The number of thiophene rings is 1. The summed E-state index contributed by atoms with van der Waals surface area (Å²) in [6.45, 7) is 1.95. The smallest absolute Gasteiger partial charge is 0.251 e. The summed E-state index contributed by atoms with van der Waals surface area (Å²) in [5, 5.41) is 8.09. The molecule has 3 rings (SSSR count). The van der Waals surface area contributed by atoms with Crippen LogP contribution >= 0.6 is 11.3 Å². The molecule has 1 aliphatic heterocycles. The van der Waals surface area contributed by atoms with E-state index in [0.717, 1.165) is 30.8 Å². The highest BCUT2D eigenvalue weighted by atomic mass is 32.2. The second-order valence-electron chi connectivity index (χ2n) is 5.95. The van der Waals surface area contributed by atoms with E-state index in [1.807, 2.05) is 17.5 Å². The van der Waals surface area contributed by atoms with Crippen LogP contribution in [0.5, 0.6) is 0 Å². The summed E-state index contributed by atoms with van der Waals surface area (Å²) >= 11 is 1.49. The van der Waals surface area contributed by atoms with E-state index in [9.17, 15) is 13.2 Å². The van der Waals surface area contributed by atoms with Crippen molar-refractivity contribution in [1.82, 2.24) is 15.4 Å². The highest BCUT2D eigenvalue weighted by molar-refractivity contribution is 7.89. The molecule has 1 fully saturated rings. The van der Waals surface area contributed by atoms with Crippen LogP contribution in [0.3, 0.4) is 0 Å². The summed E-state index contributed by atoms with van der Waals surface area (Å²) in [5.41, 5.74) is 0.351. The van der Waals surface area contributed by atoms with Crippen molar-refractivity contribution in [3.8, 4) is 0 Å². The van der Waals surface area contributed by atoms with Gasteiger partial charge in [0, 0.05) is 29.6 Å². The normalized spacial score (nSPS) is 18.0. The SMILES string of the molecule is O=C(NC1CCCNC1)c1cccc(S(=O)(=O)NCc2cccs2)c1. The zero-order valence-corrected chi connectivity index (χ0v) is 15.3. The quantitative estimate of drug-likeness (QED) is 0.713. The van der Waals surface area contributed by atoms with Gasteiger partial charge in [0.15, 0.2) is 0 Å². The maximum Gasteiger partial charge on any atom is 0.251 e. The molecule has 1 unspecified atom stereocenters. The number of rotatable bonds is 6.